The molecule has 0 heterocycles. The lowest BCUT2D eigenvalue weighted by molar-refractivity contribution is -0.393. The molecule has 124 valence electrons. The number of anilines is 1. The number of aryl methyl sites for hydroxylation is 1. The lowest BCUT2D eigenvalue weighted by Gasteiger charge is -2.05. The first kappa shape index (κ1) is 16.9. The number of methoxy groups -OCH3 is 1. The monoisotopic (exact) mass is 330 g/mol. The van der Waals surface area contributed by atoms with Crippen molar-refractivity contribution in [3.05, 3.63) is 67.8 Å². The predicted octanol–water partition coefficient (Wildman–Crippen LogP) is 3.27. The summed E-state index contributed by atoms with van der Waals surface area (Å²) in [4.78, 5) is 20.3. The van der Waals surface area contributed by atoms with Crippen molar-refractivity contribution >= 4 is 23.3 Å². The molecule has 0 bridgehead atoms. The number of hydrazone groups is 1. The van der Waals surface area contributed by atoms with Crippen molar-refractivity contribution in [2.75, 3.05) is 12.5 Å². The van der Waals surface area contributed by atoms with Gasteiger partial charge in [0.15, 0.2) is 0 Å². The molecule has 9 nitrogen and oxygen atoms in total. The normalized spacial score (nSPS) is 10.6. The van der Waals surface area contributed by atoms with E-state index < -0.39 is 15.5 Å². The van der Waals surface area contributed by atoms with Crippen molar-refractivity contribution in [2.45, 2.75) is 6.92 Å². The first-order valence-corrected chi connectivity index (χ1v) is 6.79. The third-order valence-corrected chi connectivity index (χ3v) is 3.21. The van der Waals surface area contributed by atoms with Gasteiger partial charge in [-0.05, 0) is 42.3 Å². The molecule has 0 aliphatic heterocycles. The zero-order chi connectivity index (χ0) is 17.7. The molecule has 0 atom stereocenters. The van der Waals surface area contributed by atoms with Crippen LogP contribution >= 0.6 is 0 Å². The average molecular weight is 330 g/mol. The predicted molar refractivity (Wildman–Crippen MR) is 88.7 cm³/mol. The molecule has 0 fully saturated rings. The van der Waals surface area contributed by atoms with Crippen molar-refractivity contribution < 1.29 is 14.6 Å². The molecule has 2 rings (SSSR count). The summed E-state index contributed by atoms with van der Waals surface area (Å²) in [6.07, 6.45) is 1.48. The van der Waals surface area contributed by atoms with Crippen LogP contribution in [0.4, 0.5) is 17.1 Å². The fourth-order valence-corrected chi connectivity index (χ4v) is 2.04. The maximum Gasteiger partial charge on any atom is 0.301 e. The van der Waals surface area contributed by atoms with E-state index in [1.54, 1.807) is 19.2 Å². The van der Waals surface area contributed by atoms with Crippen molar-refractivity contribution in [3.63, 3.8) is 0 Å². The van der Waals surface area contributed by atoms with Crippen LogP contribution in [0.2, 0.25) is 0 Å². The van der Waals surface area contributed by atoms with Crippen LogP contribution in [0.25, 0.3) is 0 Å². The Balaban J connectivity index is 2.20. The van der Waals surface area contributed by atoms with E-state index in [9.17, 15) is 20.2 Å². The summed E-state index contributed by atoms with van der Waals surface area (Å²) in [5.41, 5.74) is 3.50. The summed E-state index contributed by atoms with van der Waals surface area (Å²) in [7, 11) is 1.57. The van der Waals surface area contributed by atoms with Crippen LogP contribution in [-0.2, 0) is 0 Å². The number of hydrogen-bond acceptors (Lipinski definition) is 7. The highest BCUT2D eigenvalue weighted by Crippen LogP contribution is 2.28. The highest BCUT2D eigenvalue weighted by molar-refractivity contribution is 5.81. The highest BCUT2D eigenvalue weighted by atomic mass is 16.6. The van der Waals surface area contributed by atoms with Crippen molar-refractivity contribution in [1.82, 2.24) is 0 Å². The maximum absolute atomic E-state index is 11.0. The molecule has 0 saturated carbocycles. The minimum atomic E-state index is -0.706. The first-order chi connectivity index (χ1) is 11.4. The van der Waals surface area contributed by atoms with Gasteiger partial charge in [0.2, 0.25) is 0 Å². The summed E-state index contributed by atoms with van der Waals surface area (Å²) < 4.78 is 5.16. The zero-order valence-electron chi connectivity index (χ0n) is 12.9. The van der Waals surface area contributed by atoms with Gasteiger partial charge in [0.1, 0.15) is 11.4 Å². The minimum absolute atomic E-state index is 0.0621. The van der Waals surface area contributed by atoms with Crippen LogP contribution < -0.4 is 10.2 Å². The molecule has 0 aliphatic rings. The van der Waals surface area contributed by atoms with Gasteiger partial charge >= 0.3 is 5.69 Å². The van der Waals surface area contributed by atoms with Crippen LogP contribution in [0.15, 0.2) is 41.5 Å². The molecule has 0 aromatic heterocycles. The number of ether oxygens (including phenoxy) is 1. The fraction of sp³-hybridized carbons (Fsp3) is 0.133. The van der Waals surface area contributed by atoms with Gasteiger partial charge in [-0.2, -0.15) is 5.10 Å². The van der Waals surface area contributed by atoms with E-state index >= 15 is 0 Å². The Morgan fingerprint density at radius 1 is 1.12 bits per heavy atom. The van der Waals surface area contributed by atoms with E-state index in [0.29, 0.717) is 0 Å². The lowest BCUT2D eigenvalue weighted by Crippen LogP contribution is -1.99. The van der Waals surface area contributed by atoms with E-state index in [1.165, 1.54) is 18.3 Å². The average Bonchev–Trinajstić information content (AvgIpc) is 2.55. The quantitative estimate of drug-likeness (QED) is 0.493. The SMILES string of the molecule is COc1ccc(C=NNc2ccc([N+](=O)[O-])cc2[N+](=O)[O-])cc1C. The molecule has 0 amide bonds. The summed E-state index contributed by atoms with van der Waals surface area (Å²) in [6, 6.07) is 8.70. The molecule has 0 unspecified atom stereocenters. The molecular weight excluding hydrogens is 316 g/mol. The number of rotatable bonds is 6. The largest absolute Gasteiger partial charge is 0.496 e. The van der Waals surface area contributed by atoms with Gasteiger partial charge in [-0.3, -0.25) is 25.7 Å². The van der Waals surface area contributed by atoms with Crippen molar-refractivity contribution in [2.24, 2.45) is 5.10 Å². The van der Waals surface area contributed by atoms with Gasteiger partial charge < -0.3 is 4.74 Å². The summed E-state index contributed by atoms with van der Waals surface area (Å²) in [5.74, 6) is 0.742. The molecular formula is C15H14N4O5. The second kappa shape index (κ2) is 7.18. The van der Waals surface area contributed by atoms with Crippen LogP contribution in [-0.4, -0.2) is 23.2 Å². The molecule has 2 aromatic rings. The number of nitrogens with zero attached hydrogens (tertiary/aromatic N) is 3. The van der Waals surface area contributed by atoms with E-state index in [4.69, 9.17) is 4.74 Å². The van der Waals surface area contributed by atoms with E-state index in [-0.39, 0.29) is 11.4 Å². The molecule has 1 N–H and O–H groups in total. The van der Waals surface area contributed by atoms with Gasteiger partial charge in [-0.15, -0.1) is 0 Å². The first-order valence-electron chi connectivity index (χ1n) is 6.79. The molecule has 24 heavy (non-hydrogen) atoms. The Hall–Kier alpha value is -3.49. The van der Waals surface area contributed by atoms with Crippen LogP contribution in [0, 0.1) is 27.2 Å². The smallest absolute Gasteiger partial charge is 0.301 e. The van der Waals surface area contributed by atoms with Gasteiger partial charge in [0.25, 0.3) is 5.69 Å². The molecule has 0 saturated heterocycles. The molecule has 0 radical (unpaired) electrons. The number of hydrogen-bond donors (Lipinski definition) is 1. The van der Waals surface area contributed by atoms with Crippen LogP contribution in [0.3, 0.4) is 0 Å². The van der Waals surface area contributed by atoms with Crippen molar-refractivity contribution in [3.8, 4) is 5.75 Å². The van der Waals surface area contributed by atoms with Crippen molar-refractivity contribution in [1.29, 1.82) is 0 Å². The fourth-order valence-electron chi connectivity index (χ4n) is 2.04. The Bertz CT molecular complexity index is 820. The highest BCUT2D eigenvalue weighted by Gasteiger charge is 2.19. The van der Waals surface area contributed by atoms with Gasteiger partial charge in [0.05, 0.1) is 29.2 Å². The summed E-state index contributed by atoms with van der Waals surface area (Å²) >= 11 is 0. The lowest BCUT2D eigenvalue weighted by atomic mass is 10.1. The Morgan fingerprint density at radius 3 is 2.46 bits per heavy atom. The topological polar surface area (TPSA) is 120 Å². The number of nitro groups is 2. The Morgan fingerprint density at radius 2 is 1.88 bits per heavy atom. The molecule has 0 spiro atoms. The molecule has 9 heteroatoms. The maximum atomic E-state index is 11.0. The van der Waals surface area contributed by atoms with Gasteiger partial charge in [-0.25, -0.2) is 0 Å². The molecule has 0 aliphatic carbocycles. The van der Waals surface area contributed by atoms with E-state index in [1.807, 2.05) is 13.0 Å². The number of nitrogens with one attached hydrogen (secondary N) is 1. The number of nitro benzene ring substituents is 2. The third-order valence-electron chi connectivity index (χ3n) is 3.21. The van der Waals surface area contributed by atoms with E-state index in [2.05, 4.69) is 10.5 Å². The van der Waals surface area contributed by atoms with Crippen LogP contribution in [0.1, 0.15) is 11.1 Å². The van der Waals surface area contributed by atoms with Gasteiger partial charge in [0, 0.05) is 6.07 Å². The standard InChI is InChI=1S/C15H14N4O5/c1-10-7-11(3-6-15(10)24-2)9-16-17-13-5-4-12(18(20)21)8-14(13)19(22)23/h3-9,17H,1-2H3. The van der Waals surface area contributed by atoms with E-state index in [0.717, 1.165) is 22.9 Å². The molecule has 2 aromatic carbocycles. The number of non-ortho nitro benzene ring substituents is 1. The second-order valence-electron chi connectivity index (χ2n) is 4.81. The third kappa shape index (κ3) is 3.83. The van der Waals surface area contributed by atoms with Gasteiger partial charge in [-0.1, -0.05) is 0 Å². The zero-order valence-corrected chi connectivity index (χ0v) is 12.9. The summed E-state index contributed by atoms with van der Waals surface area (Å²) in [6.45, 7) is 1.88. The van der Waals surface area contributed by atoms with Crippen LogP contribution in [0.5, 0.6) is 5.75 Å². The summed E-state index contributed by atoms with van der Waals surface area (Å²) in [5, 5.41) is 25.7. The second-order valence-corrected chi connectivity index (χ2v) is 4.81. The minimum Gasteiger partial charge on any atom is -0.496 e. The number of benzene rings is 2. The Labute approximate surface area is 136 Å². The Kier molecular flexibility index (Phi) is 5.05.